The first-order chi connectivity index (χ1) is 33.9. The molecule has 340 valence electrons. The van der Waals surface area contributed by atoms with Crippen LogP contribution in [0.3, 0.4) is 0 Å². The van der Waals surface area contributed by atoms with Gasteiger partial charge in [0.25, 0.3) is 0 Å². The quantitative estimate of drug-likeness (QED) is 0.126. The molecule has 0 atom stereocenters. The molecule has 0 bridgehead atoms. The Morgan fingerprint density at radius 3 is 0.929 bits per heavy atom. The van der Waals surface area contributed by atoms with E-state index in [1.54, 1.807) is 0 Å². The van der Waals surface area contributed by atoms with E-state index in [4.69, 9.17) is 0 Å². The molecule has 0 fully saturated rings. The molecule has 0 unspecified atom stereocenters. The van der Waals surface area contributed by atoms with E-state index in [0.29, 0.717) is 0 Å². The zero-order valence-corrected chi connectivity index (χ0v) is 44.1. The summed E-state index contributed by atoms with van der Waals surface area (Å²) in [4.78, 5) is 4.85. The molecule has 0 radical (unpaired) electrons. The zero-order chi connectivity index (χ0) is 47.7. The van der Waals surface area contributed by atoms with Crippen molar-refractivity contribution < 1.29 is 0 Å². The molecule has 2 heterocycles. The monoisotopic (exact) mass is 970 g/mol. The van der Waals surface area contributed by atoms with Gasteiger partial charge in [0.05, 0.1) is 16.1 Å². The molecule has 0 spiro atoms. The molecule has 2 aromatic heterocycles. The third-order valence-corrected chi connectivity index (χ3v) is 20.3. The highest BCUT2D eigenvalue weighted by atomic mass is 32.1. The van der Waals surface area contributed by atoms with Gasteiger partial charge >= 0.3 is 0 Å². The predicted octanol–water partition coefficient (Wildman–Crippen LogP) is 18.9. The molecule has 0 aliphatic carbocycles. The second-order valence-electron chi connectivity index (χ2n) is 20.7. The predicted molar refractivity (Wildman–Crippen MR) is 316 cm³/mol. The van der Waals surface area contributed by atoms with E-state index in [1.807, 2.05) is 22.7 Å². The summed E-state index contributed by atoms with van der Waals surface area (Å²) in [5, 5.41) is 10.6. The van der Waals surface area contributed by atoms with E-state index in [1.165, 1.54) is 83.7 Å². The van der Waals surface area contributed by atoms with Gasteiger partial charge in [0.2, 0.25) is 0 Å². The van der Waals surface area contributed by atoms with Crippen LogP contribution in [0.4, 0.5) is 34.1 Å². The van der Waals surface area contributed by atoms with Gasteiger partial charge < -0.3 is 9.80 Å². The largest absolute Gasteiger partial charge is 0.310 e. The number of fused-ring (bicyclic) bond motifs is 7. The fourth-order valence-corrected chi connectivity index (χ4v) is 14.6. The average molecular weight is 971 g/mol. The first-order valence-corrected chi connectivity index (χ1v) is 32.9. The Morgan fingerprint density at radius 2 is 0.571 bits per heavy atom. The van der Waals surface area contributed by atoms with Crippen molar-refractivity contribution in [3.63, 3.8) is 0 Å². The van der Waals surface area contributed by atoms with E-state index >= 15 is 0 Å². The highest BCUT2D eigenvalue weighted by molar-refractivity contribution is 7.26. The maximum atomic E-state index is 2.45. The third-order valence-electron chi connectivity index (χ3n) is 13.9. The minimum Gasteiger partial charge on any atom is -0.310 e. The van der Waals surface area contributed by atoms with Crippen LogP contribution in [0.25, 0.3) is 73.4 Å². The van der Waals surface area contributed by atoms with Crippen molar-refractivity contribution >= 4 is 134 Å². The van der Waals surface area contributed by atoms with Crippen molar-refractivity contribution in [2.75, 3.05) is 9.80 Å². The lowest BCUT2D eigenvalue weighted by molar-refractivity contribution is 1.29. The smallest absolute Gasteiger partial charge is 0.0775 e. The van der Waals surface area contributed by atoms with Gasteiger partial charge in [0.1, 0.15) is 0 Å². The van der Waals surface area contributed by atoms with Gasteiger partial charge in [-0.05, 0) is 142 Å². The van der Waals surface area contributed by atoms with Crippen LogP contribution in [-0.2, 0) is 0 Å². The maximum absolute atomic E-state index is 2.45. The Balaban J connectivity index is 0.961. The number of nitrogens with zero attached hydrogens (tertiary/aromatic N) is 2. The van der Waals surface area contributed by atoms with Gasteiger partial charge in [0, 0.05) is 74.5 Å². The summed E-state index contributed by atoms with van der Waals surface area (Å²) in [6, 6.07) is 81.9. The second kappa shape index (κ2) is 17.4. The molecule has 10 aromatic carbocycles. The minimum atomic E-state index is -1.48. The molecule has 70 heavy (non-hydrogen) atoms. The first-order valence-electron chi connectivity index (χ1n) is 24.3. The Kier molecular flexibility index (Phi) is 11.0. The number of anilines is 6. The fourth-order valence-electron chi connectivity index (χ4n) is 10.0. The van der Waals surface area contributed by atoms with Gasteiger partial charge in [-0.15, -0.1) is 22.7 Å². The summed E-state index contributed by atoms with van der Waals surface area (Å²) < 4.78 is 5.23. The Labute approximate surface area is 421 Å². The molecular formula is C64H54N2S2Si2. The lowest BCUT2D eigenvalue weighted by Gasteiger charge is -2.27. The molecule has 0 aliphatic heterocycles. The Morgan fingerprint density at radius 1 is 0.271 bits per heavy atom. The van der Waals surface area contributed by atoms with Crippen molar-refractivity contribution in [2.24, 2.45) is 0 Å². The van der Waals surface area contributed by atoms with Crippen LogP contribution in [0.1, 0.15) is 0 Å². The highest BCUT2D eigenvalue weighted by Crippen LogP contribution is 2.45. The van der Waals surface area contributed by atoms with Crippen LogP contribution in [0.2, 0.25) is 39.3 Å². The lowest BCUT2D eigenvalue weighted by Crippen LogP contribution is -2.37. The van der Waals surface area contributed by atoms with E-state index in [9.17, 15) is 0 Å². The zero-order valence-electron chi connectivity index (χ0n) is 40.5. The standard InChI is InChI=1S/C64H54N2S2Si2/c1-69(2,3)55-31-25-51(26-32-55)65(49-21-17-45(18-22-49)43-13-9-7-10-14-43)53-29-35-61-59(41-53)57-37-47-38-58-60-42-54(30-36-62(60)68-64(58)40-48(47)39-63(57)67-61)66(52-27-33-56(34-28-52)70(4,5)6)50-23-19-46(20-24-50)44-15-11-8-12-16-44/h7-42H,1-6H3. The molecule has 6 heteroatoms. The molecule has 0 aliphatic rings. The summed E-state index contributed by atoms with van der Waals surface area (Å²) in [5.74, 6) is 0. The summed E-state index contributed by atoms with van der Waals surface area (Å²) in [5.41, 5.74) is 11.8. The van der Waals surface area contributed by atoms with Gasteiger partial charge in [-0.3, -0.25) is 0 Å². The molecule has 0 amide bonds. The van der Waals surface area contributed by atoms with Crippen LogP contribution in [0.15, 0.2) is 218 Å². The van der Waals surface area contributed by atoms with E-state index < -0.39 is 16.1 Å². The van der Waals surface area contributed by atoms with Crippen LogP contribution in [0, 0.1) is 0 Å². The molecule has 12 aromatic rings. The number of benzene rings is 10. The molecule has 2 nitrogen and oxygen atoms in total. The maximum Gasteiger partial charge on any atom is 0.0775 e. The SMILES string of the molecule is C[Si](C)(C)c1ccc(N(c2ccc(-c3ccccc3)cc2)c2ccc3sc4cc5cc6sc7ccc(N(c8ccc(-c9ccccc9)cc8)c8ccc([Si](C)(C)C)cc8)cc7c6cc5cc4c3c2)cc1. The number of rotatable bonds is 10. The molecule has 0 saturated carbocycles. The van der Waals surface area contributed by atoms with Crippen LogP contribution in [-0.4, -0.2) is 16.1 Å². The number of hydrogen-bond donors (Lipinski definition) is 0. The van der Waals surface area contributed by atoms with Gasteiger partial charge in [-0.2, -0.15) is 0 Å². The fraction of sp³-hybridized carbons (Fsp3) is 0.0938. The van der Waals surface area contributed by atoms with Gasteiger partial charge in [-0.1, -0.05) is 159 Å². The van der Waals surface area contributed by atoms with Crippen molar-refractivity contribution in [1.82, 2.24) is 0 Å². The molecule has 12 rings (SSSR count). The van der Waals surface area contributed by atoms with E-state index in [-0.39, 0.29) is 0 Å². The van der Waals surface area contributed by atoms with E-state index in [2.05, 4.69) is 267 Å². The number of hydrogen-bond acceptors (Lipinski definition) is 4. The Bertz CT molecular complexity index is 3610. The lowest BCUT2D eigenvalue weighted by atomic mass is 10.0. The second-order valence-corrected chi connectivity index (χ2v) is 33.0. The van der Waals surface area contributed by atoms with Crippen molar-refractivity contribution in [2.45, 2.75) is 39.3 Å². The highest BCUT2D eigenvalue weighted by Gasteiger charge is 2.22. The van der Waals surface area contributed by atoms with Gasteiger partial charge in [0.15, 0.2) is 0 Å². The number of thiophene rings is 2. The summed E-state index contributed by atoms with van der Waals surface area (Å²) >= 11 is 3.78. The Hall–Kier alpha value is -7.07. The summed E-state index contributed by atoms with van der Waals surface area (Å²) in [7, 11) is -2.95. The first kappa shape index (κ1) is 44.2. The molecule has 0 N–H and O–H groups in total. The summed E-state index contributed by atoms with van der Waals surface area (Å²) in [6.45, 7) is 14.5. The van der Waals surface area contributed by atoms with Crippen LogP contribution in [0.5, 0.6) is 0 Å². The third kappa shape index (κ3) is 8.24. The van der Waals surface area contributed by atoms with E-state index in [0.717, 1.165) is 34.1 Å². The van der Waals surface area contributed by atoms with Crippen LogP contribution < -0.4 is 20.2 Å². The van der Waals surface area contributed by atoms with Crippen molar-refractivity contribution in [1.29, 1.82) is 0 Å². The van der Waals surface area contributed by atoms with Crippen LogP contribution >= 0.6 is 22.7 Å². The summed E-state index contributed by atoms with van der Waals surface area (Å²) in [6.07, 6.45) is 0. The minimum absolute atomic E-state index is 1.14. The van der Waals surface area contributed by atoms with Crippen molar-refractivity contribution in [3.8, 4) is 22.3 Å². The molecule has 0 saturated heterocycles. The van der Waals surface area contributed by atoms with Gasteiger partial charge in [-0.25, -0.2) is 0 Å². The average Bonchev–Trinajstić information content (AvgIpc) is 3.92. The normalized spacial score (nSPS) is 12.1. The topological polar surface area (TPSA) is 6.48 Å². The molecular weight excluding hydrogens is 917 g/mol. The van der Waals surface area contributed by atoms with Crippen molar-refractivity contribution in [3.05, 3.63) is 218 Å².